The van der Waals surface area contributed by atoms with Crippen LogP contribution in [0, 0.1) is 11.7 Å². The fourth-order valence-electron chi connectivity index (χ4n) is 1.81. The third-order valence-electron chi connectivity index (χ3n) is 2.99. The Hall–Kier alpha value is -2.63. The molecule has 0 radical (unpaired) electrons. The number of carbonyl (C=O) groups is 2. The summed E-state index contributed by atoms with van der Waals surface area (Å²) in [5, 5.41) is 9.01. The first kappa shape index (κ1) is 14.8. The predicted octanol–water partition coefficient (Wildman–Crippen LogP) is 2.79. The summed E-state index contributed by atoms with van der Waals surface area (Å²) in [5.41, 5.74) is 0.408. The summed E-state index contributed by atoms with van der Waals surface area (Å²) in [6.45, 7) is 1.45. The van der Waals surface area contributed by atoms with Crippen LogP contribution in [0.4, 0.5) is 10.1 Å². The third-order valence-corrected chi connectivity index (χ3v) is 2.99. The topological polar surface area (TPSA) is 70.8 Å². The van der Waals surface area contributed by atoms with Gasteiger partial charge < -0.3 is 14.4 Å². The number of amides is 1. The highest BCUT2D eigenvalue weighted by molar-refractivity contribution is 6.04. The summed E-state index contributed by atoms with van der Waals surface area (Å²) in [7, 11) is 0. The van der Waals surface area contributed by atoms with Crippen LogP contribution < -0.4 is 4.90 Å². The molecule has 0 bridgehead atoms. The van der Waals surface area contributed by atoms with E-state index in [0.717, 1.165) is 0 Å². The number of hydrogen-bond acceptors (Lipinski definition) is 3. The van der Waals surface area contributed by atoms with E-state index in [1.54, 1.807) is 6.07 Å². The minimum Gasteiger partial charge on any atom is -0.481 e. The Morgan fingerprint density at radius 2 is 1.95 bits per heavy atom. The van der Waals surface area contributed by atoms with E-state index >= 15 is 0 Å². The molecule has 0 saturated heterocycles. The van der Waals surface area contributed by atoms with Crippen molar-refractivity contribution in [1.82, 2.24) is 0 Å². The summed E-state index contributed by atoms with van der Waals surface area (Å²) in [6.07, 6.45) is 1.36. The average molecular weight is 291 g/mol. The summed E-state index contributed by atoms with van der Waals surface area (Å²) in [5.74, 6) is -2.60. The normalized spacial score (nSPS) is 11.9. The maximum atomic E-state index is 13.0. The summed E-state index contributed by atoms with van der Waals surface area (Å²) in [6, 6.07) is 8.32. The lowest BCUT2D eigenvalue weighted by Gasteiger charge is -2.23. The van der Waals surface area contributed by atoms with E-state index in [1.165, 1.54) is 48.4 Å². The maximum absolute atomic E-state index is 13.0. The summed E-state index contributed by atoms with van der Waals surface area (Å²) < 4.78 is 18.1. The number of halogens is 1. The molecular weight excluding hydrogens is 277 g/mol. The standard InChI is InChI=1S/C15H14FNO4/c1-10(15(19)20)9-17(12-6-4-11(16)5-7-12)14(18)13-3-2-8-21-13/h2-8,10H,9H2,1H3,(H,19,20). The molecule has 1 aromatic carbocycles. The van der Waals surface area contributed by atoms with Gasteiger partial charge in [-0.3, -0.25) is 9.59 Å². The van der Waals surface area contributed by atoms with E-state index < -0.39 is 23.6 Å². The molecule has 6 heteroatoms. The van der Waals surface area contributed by atoms with Crippen LogP contribution >= 0.6 is 0 Å². The SMILES string of the molecule is CC(CN(C(=O)c1ccco1)c1ccc(F)cc1)C(=O)O. The zero-order chi connectivity index (χ0) is 15.4. The smallest absolute Gasteiger partial charge is 0.308 e. The number of nitrogens with zero attached hydrogens (tertiary/aromatic N) is 1. The molecule has 1 amide bonds. The van der Waals surface area contributed by atoms with Gasteiger partial charge in [-0.2, -0.15) is 0 Å². The molecule has 110 valence electrons. The zero-order valence-electron chi connectivity index (χ0n) is 11.3. The van der Waals surface area contributed by atoms with Gasteiger partial charge in [0.25, 0.3) is 5.91 Å². The van der Waals surface area contributed by atoms with Crippen LogP contribution in [0.1, 0.15) is 17.5 Å². The zero-order valence-corrected chi connectivity index (χ0v) is 11.3. The molecule has 1 heterocycles. The number of anilines is 1. The monoisotopic (exact) mass is 291 g/mol. The van der Waals surface area contributed by atoms with Gasteiger partial charge in [0.05, 0.1) is 12.2 Å². The highest BCUT2D eigenvalue weighted by atomic mass is 19.1. The Kier molecular flexibility index (Phi) is 4.37. The van der Waals surface area contributed by atoms with Gasteiger partial charge in [-0.25, -0.2) is 4.39 Å². The number of hydrogen-bond donors (Lipinski definition) is 1. The second kappa shape index (κ2) is 6.21. The van der Waals surface area contributed by atoms with Crippen molar-refractivity contribution in [3.63, 3.8) is 0 Å². The van der Waals surface area contributed by atoms with Crippen LogP contribution in [-0.2, 0) is 4.79 Å². The lowest BCUT2D eigenvalue weighted by atomic mass is 10.1. The number of benzene rings is 1. The first-order valence-electron chi connectivity index (χ1n) is 6.33. The quantitative estimate of drug-likeness (QED) is 0.919. The average Bonchev–Trinajstić information content (AvgIpc) is 2.99. The molecule has 0 aliphatic heterocycles. The number of carboxylic acids is 1. The Morgan fingerprint density at radius 1 is 1.29 bits per heavy atom. The van der Waals surface area contributed by atoms with Crippen LogP contribution in [-0.4, -0.2) is 23.5 Å². The molecule has 1 unspecified atom stereocenters. The van der Waals surface area contributed by atoms with Gasteiger partial charge in [-0.05, 0) is 36.4 Å². The van der Waals surface area contributed by atoms with E-state index in [4.69, 9.17) is 9.52 Å². The van der Waals surface area contributed by atoms with Crippen LogP contribution in [0.25, 0.3) is 0 Å². The van der Waals surface area contributed by atoms with Crippen molar-refractivity contribution in [2.75, 3.05) is 11.4 Å². The van der Waals surface area contributed by atoms with Crippen LogP contribution in [0.3, 0.4) is 0 Å². The Morgan fingerprint density at radius 3 is 2.48 bits per heavy atom. The van der Waals surface area contributed by atoms with E-state index in [2.05, 4.69) is 0 Å². The number of carboxylic acid groups (broad SMARTS) is 1. The third kappa shape index (κ3) is 3.47. The minimum atomic E-state index is -1.02. The second-order valence-corrected chi connectivity index (χ2v) is 4.61. The van der Waals surface area contributed by atoms with Crippen molar-refractivity contribution < 1.29 is 23.5 Å². The van der Waals surface area contributed by atoms with Crippen molar-refractivity contribution >= 4 is 17.6 Å². The molecule has 0 spiro atoms. The van der Waals surface area contributed by atoms with Crippen molar-refractivity contribution in [1.29, 1.82) is 0 Å². The van der Waals surface area contributed by atoms with Gasteiger partial charge in [-0.1, -0.05) is 6.92 Å². The predicted molar refractivity (Wildman–Crippen MR) is 73.6 cm³/mol. The number of carbonyl (C=O) groups excluding carboxylic acids is 1. The molecule has 0 aliphatic carbocycles. The summed E-state index contributed by atoms with van der Waals surface area (Å²) >= 11 is 0. The molecular formula is C15H14FNO4. The lowest BCUT2D eigenvalue weighted by Crippen LogP contribution is -2.36. The van der Waals surface area contributed by atoms with Crippen LogP contribution in [0.2, 0.25) is 0 Å². The number of rotatable bonds is 5. The van der Waals surface area contributed by atoms with Gasteiger partial charge in [0.2, 0.25) is 0 Å². The molecule has 2 aromatic rings. The highest BCUT2D eigenvalue weighted by Crippen LogP contribution is 2.20. The largest absolute Gasteiger partial charge is 0.481 e. The molecule has 1 aromatic heterocycles. The lowest BCUT2D eigenvalue weighted by molar-refractivity contribution is -0.140. The molecule has 0 fully saturated rings. The van der Waals surface area contributed by atoms with Crippen molar-refractivity contribution in [3.05, 3.63) is 54.2 Å². The molecule has 0 aliphatic rings. The van der Waals surface area contributed by atoms with Crippen molar-refractivity contribution in [2.45, 2.75) is 6.92 Å². The molecule has 1 atom stereocenters. The van der Waals surface area contributed by atoms with Gasteiger partial charge in [-0.15, -0.1) is 0 Å². The molecule has 1 N–H and O–H groups in total. The molecule has 0 saturated carbocycles. The maximum Gasteiger partial charge on any atom is 0.308 e. The molecule has 5 nitrogen and oxygen atoms in total. The van der Waals surface area contributed by atoms with Gasteiger partial charge in [0.1, 0.15) is 5.82 Å². The second-order valence-electron chi connectivity index (χ2n) is 4.61. The van der Waals surface area contributed by atoms with Crippen molar-refractivity contribution in [3.8, 4) is 0 Å². The summed E-state index contributed by atoms with van der Waals surface area (Å²) in [4.78, 5) is 24.7. The molecule has 2 rings (SSSR count). The highest BCUT2D eigenvalue weighted by Gasteiger charge is 2.24. The van der Waals surface area contributed by atoms with E-state index in [9.17, 15) is 14.0 Å². The van der Waals surface area contributed by atoms with Crippen molar-refractivity contribution in [2.24, 2.45) is 5.92 Å². The van der Waals surface area contributed by atoms with E-state index in [-0.39, 0.29) is 12.3 Å². The number of aliphatic carboxylic acids is 1. The van der Waals surface area contributed by atoms with E-state index in [1.807, 2.05) is 0 Å². The Labute approximate surface area is 120 Å². The van der Waals surface area contributed by atoms with E-state index in [0.29, 0.717) is 5.69 Å². The fraction of sp³-hybridized carbons (Fsp3) is 0.200. The Balaban J connectivity index is 2.32. The minimum absolute atomic E-state index is 0.0412. The van der Waals surface area contributed by atoms with Gasteiger partial charge >= 0.3 is 5.97 Å². The number of furan rings is 1. The first-order chi connectivity index (χ1) is 9.99. The first-order valence-corrected chi connectivity index (χ1v) is 6.33. The van der Waals surface area contributed by atoms with Gasteiger partial charge in [0.15, 0.2) is 5.76 Å². The fourth-order valence-corrected chi connectivity index (χ4v) is 1.81. The molecule has 21 heavy (non-hydrogen) atoms. The Bertz CT molecular complexity index is 622. The van der Waals surface area contributed by atoms with Gasteiger partial charge in [0, 0.05) is 12.2 Å². The van der Waals surface area contributed by atoms with Crippen LogP contribution in [0.15, 0.2) is 47.1 Å². The van der Waals surface area contributed by atoms with Crippen LogP contribution in [0.5, 0.6) is 0 Å².